The minimum absolute atomic E-state index is 0.166. The van der Waals surface area contributed by atoms with Crippen molar-refractivity contribution in [2.45, 2.75) is 58.3 Å². The van der Waals surface area contributed by atoms with E-state index in [9.17, 15) is 0 Å². The van der Waals surface area contributed by atoms with Gasteiger partial charge in [0.05, 0.1) is 22.4 Å². The standard InChI is InChI=1S/C17H27ClN2O/c1-5-14(19)9-13-7-6-8-15(18)16(13)20-10-12(2)21-17(3,4)11-20/h6-8,12,14H,5,9-11,19H2,1-4H3. The van der Waals surface area contributed by atoms with Crippen molar-refractivity contribution < 1.29 is 4.74 Å². The molecule has 21 heavy (non-hydrogen) atoms. The molecule has 1 heterocycles. The van der Waals surface area contributed by atoms with Gasteiger partial charge in [-0.2, -0.15) is 0 Å². The molecule has 3 nitrogen and oxygen atoms in total. The highest BCUT2D eigenvalue weighted by molar-refractivity contribution is 6.33. The monoisotopic (exact) mass is 310 g/mol. The highest BCUT2D eigenvalue weighted by atomic mass is 35.5. The van der Waals surface area contributed by atoms with Crippen LogP contribution in [0.15, 0.2) is 18.2 Å². The lowest BCUT2D eigenvalue weighted by atomic mass is 9.99. The van der Waals surface area contributed by atoms with Crippen molar-refractivity contribution in [2.75, 3.05) is 18.0 Å². The van der Waals surface area contributed by atoms with Gasteiger partial charge in [0, 0.05) is 19.1 Å². The molecule has 0 aromatic heterocycles. The molecule has 1 aliphatic rings. The second kappa shape index (κ2) is 6.55. The molecule has 0 spiro atoms. The van der Waals surface area contributed by atoms with Crippen LogP contribution in [0.3, 0.4) is 0 Å². The molecule has 4 heteroatoms. The van der Waals surface area contributed by atoms with E-state index in [4.69, 9.17) is 22.1 Å². The molecule has 0 bridgehead atoms. The number of para-hydroxylation sites is 1. The summed E-state index contributed by atoms with van der Waals surface area (Å²) in [7, 11) is 0. The first-order valence-corrected chi connectivity index (χ1v) is 8.16. The summed E-state index contributed by atoms with van der Waals surface area (Å²) in [6, 6.07) is 6.29. The SMILES string of the molecule is CCC(N)Cc1cccc(Cl)c1N1CC(C)OC(C)(C)C1. The van der Waals surface area contributed by atoms with E-state index in [0.717, 1.165) is 36.6 Å². The number of hydrogen-bond acceptors (Lipinski definition) is 3. The third-order valence-corrected chi connectivity index (χ3v) is 4.27. The zero-order valence-corrected chi connectivity index (χ0v) is 14.3. The molecule has 2 rings (SSSR count). The van der Waals surface area contributed by atoms with Crippen LogP contribution in [0.2, 0.25) is 5.02 Å². The molecule has 1 saturated heterocycles. The summed E-state index contributed by atoms with van der Waals surface area (Å²) in [5, 5.41) is 0.806. The van der Waals surface area contributed by atoms with Gasteiger partial charge < -0.3 is 15.4 Å². The smallest absolute Gasteiger partial charge is 0.0805 e. The van der Waals surface area contributed by atoms with Crippen LogP contribution >= 0.6 is 11.6 Å². The van der Waals surface area contributed by atoms with Crippen molar-refractivity contribution in [1.82, 2.24) is 0 Å². The minimum atomic E-state index is -0.166. The Morgan fingerprint density at radius 3 is 2.81 bits per heavy atom. The van der Waals surface area contributed by atoms with Gasteiger partial charge in [-0.25, -0.2) is 0 Å². The average Bonchev–Trinajstić information content (AvgIpc) is 2.36. The third kappa shape index (κ3) is 4.12. The van der Waals surface area contributed by atoms with Crippen LogP contribution in [-0.4, -0.2) is 30.8 Å². The Bertz CT molecular complexity index is 490. The summed E-state index contributed by atoms with van der Waals surface area (Å²) in [6.07, 6.45) is 2.02. The van der Waals surface area contributed by atoms with Crippen LogP contribution in [0.25, 0.3) is 0 Å². The Labute approximate surface area is 133 Å². The molecular weight excluding hydrogens is 284 g/mol. The average molecular weight is 311 g/mol. The highest BCUT2D eigenvalue weighted by Gasteiger charge is 2.33. The summed E-state index contributed by atoms with van der Waals surface area (Å²) in [4.78, 5) is 2.36. The minimum Gasteiger partial charge on any atom is -0.369 e. The van der Waals surface area contributed by atoms with Gasteiger partial charge in [0.25, 0.3) is 0 Å². The van der Waals surface area contributed by atoms with Crippen molar-refractivity contribution >= 4 is 17.3 Å². The Hall–Kier alpha value is -0.770. The molecule has 1 aliphatic heterocycles. The first-order chi connectivity index (χ1) is 9.82. The van der Waals surface area contributed by atoms with Gasteiger partial charge in [0.15, 0.2) is 0 Å². The summed E-state index contributed by atoms with van der Waals surface area (Å²) in [5.41, 5.74) is 8.35. The Morgan fingerprint density at radius 2 is 2.19 bits per heavy atom. The van der Waals surface area contributed by atoms with E-state index in [1.54, 1.807) is 0 Å². The number of morpholine rings is 1. The van der Waals surface area contributed by atoms with Crippen LogP contribution in [0.1, 0.15) is 39.7 Å². The number of nitrogens with zero attached hydrogens (tertiary/aromatic N) is 1. The second-order valence-electron chi connectivity index (χ2n) is 6.69. The van der Waals surface area contributed by atoms with Gasteiger partial charge in [-0.15, -0.1) is 0 Å². The molecule has 1 aromatic carbocycles. The molecule has 0 amide bonds. The Morgan fingerprint density at radius 1 is 1.48 bits per heavy atom. The lowest BCUT2D eigenvalue weighted by molar-refractivity contribution is -0.0750. The number of ether oxygens (including phenoxy) is 1. The van der Waals surface area contributed by atoms with Crippen molar-refractivity contribution in [3.63, 3.8) is 0 Å². The summed E-state index contributed by atoms with van der Waals surface area (Å²) in [6.45, 7) is 10.2. The number of anilines is 1. The van der Waals surface area contributed by atoms with E-state index in [0.29, 0.717) is 0 Å². The summed E-state index contributed by atoms with van der Waals surface area (Å²) < 4.78 is 6.00. The maximum Gasteiger partial charge on any atom is 0.0805 e. The van der Waals surface area contributed by atoms with Gasteiger partial charge in [-0.3, -0.25) is 0 Å². The predicted molar refractivity (Wildman–Crippen MR) is 90.3 cm³/mol. The molecular formula is C17H27ClN2O. The molecule has 2 unspecified atom stereocenters. The van der Waals surface area contributed by atoms with Gasteiger partial charge >= 0.3 is 0 Å². The van der Waals surface area contributed by atoms with Crippen molar-refractivity contribution in [3.8, 4) is 0 Å². The summed E-state index contributed by atoms with van der Waals surface area (Å²) in [5.74, 6) is 0. The fraction of sp³-hybridized carbons (Fsp3) is 0.647. The fourth-order valence-corrected chi connectivity index (χ4v) is 3.44. The quantitative estimate of drug-likeness (QED) is 0.923. The van der Waals surface area contributed by atoms with E-state index in [1.807, 2.05) is 12.1 Å². The first kappa shape index (κ1) is 16.6. The van der Waals surface area contributed by atoms with E-state index in [1.165, 1.54) is 5.56 Å². The maximum absolute atomic E-state index is 6.51. The number of nitrogens with two attached hydrogens (primary N) is 1. The molecule has 0 aliphatic carbocycles. The maximum atomic E-state index is 6.51. The molecule has 0 saturated carbocycles. The zero-order valence-electron chi connectivity index (χ0n) is 13.5. The van der Waals surface area contributed by atoms with Crippen LogP contribution in [-0.2, 0) is 11.2 Å². The summed E-state index contributed by atoms with van der Waals surface area (Å²) >= 11 is 6.51. The molecule has 118 valence electrons. The van der Waals surface area contributed by atoms with Crippen molar-refractivity contribution in [3.05, 3.63) is 28.8 Å². The Kier molecular flexibility index (Phi) is 5.18. The second-order valence-corrected chi connectivity index (χ2v) is 7.10. The van der Waals surface area contributed by atoms with E-state index < -0.39 is 0 Å². The predicted octanol–water partition coefficient (Wildman–Crippen LogP) is 3.62. The molecule has 0 radical (unpaired) electrons. The van der Waals surface area contributed by atoms with Crippen LogP contribution in [0.4, 0.5) is 5.69 Å². The molecule has 2 N–H and O–H groups in total. The van der Waals surface area contributed by atoms with Crippen LogP contribution in [0, 0.1) is 0 Å². The number of hydrogen-bond donors (Lipinski definition) is 1. The molecule has 1 fully saturated rings. The van der Waals surface area contributed by atoms with Gasteiger partial charge in [-0.1, -0.05) is 30.7 Å². The number of benzene rings is 1. The normalized spacial score (nSPS) is 23.1. The molecule has 1 aromatic rings. The zero-order chi connectivity index (χ0) is 15.6. The fourth-order valence-electron chi connectivity index (χ4n) is 3.13. The van der Waals surface area contributed by atoms with Gasteiger partial charge in [0.1, 0.15) is 0 Å². The van der Waals surface area contributed by atoms with E-state index >= 15 is 0 Å². The number of rotatable bonds is 4. The lowest BCUT2D eigenvalue weighted by Crippen LogP contribution is -2.52. The molecule has 2 atom stereocenters. The van der Waals surface area contributed by atoms with Crippen molar-refractivity contribution in [1.29, 1.82) is 0 Å². The van der Waals surface area contributed by atoms with E-state index in [-0.39, 0.29) is 17.7 Å². The van der Waals surface area contributed by atoms with Gasteiger partial charge in [0.2, 0.25) is 0 Å². The van der Waals surface area contributed by atoms with Crippen LogP contribution in [0.5, 0.6) is 0 Å². The Balaban J connectivity index is 2.33. The topological polar surface area (TPSA) is 38.5 Å². The van der Waals surface area contributed by atoms with E-state index in [2.05, 4.69) is 38.7 Å². The largest absolute Gasteiger partial charge is 0.369 e. The number of halogens is 1. The van der Waals surface area contributed by atoms with Gasteiger partial charge in [-0.05, 0) is 45.2 Å². The van der Waals surface area contributed by atoms with Crippen molar-refractivity contribution in [2.24, 2.45) is 5.73 Å². The van der Waals surface area contributed by atoms with Crippen LogP contribution < -0.4 is 10.6 Å². The third-order valence-electron chi connectivity index (χ3n) is 3.96. The first-order valence-electron chi connectivity index (χ1n) is 7.78. The lowest BCUT2D eigenvalue weighted by Gasteiger charge is -2.43. The highest BCUT2D eigenvalue weighted by Crippen LogP contribution is 2.34.